The van der Waals surface area contributed by atoms with E-state index in [0.717, 1.165) is 5.56 Å². The highest BCUT2D eigenvalue weighted by Crippen LogP contribution is 2.29. The molecule has 0 amide bonds. The minimum atomic E-state index is -0.413. The monoisotopic (exact) mass is 262 g/mol. The number of nitro groups is 1. The number of nitro benzene ring substituents is 1. The Kier molecular flexibility index (Phi) is 3.86. The van der Waals surface area contributed by atoms with Crippen molar-refractivity contribution in [3.63, 3.8) is 0 Å². The molecule has 0 aliphatic rings. The lowest BCUT2D eigenvalue weighted by molar-refractivity contribution is -0.384. The Bertz CT molecular complexity index is 594. The Morgan fingerprint density at radius 1 is 1.47 bits per heavy atom. The fraction of sp³-hybridized carbons (Fsp3) is 0.333. The van der Waals surface area contributed by atoms with Crippen LogP contribution in [0, 0.1) is 17.0 Å². The van der Waals surface area contributed by atoms with Crippen LogP contribution in [0.1, 0.15) is 5.56 Å². The molecule has 0 bridgehead atoms. The fourth-order valence-corrected chi connectivity index (χ4v) is 1.81. The number of aromatic nitrogens is 3. The number of rotatable bonds is 5. The zero-order valence-corrected chi connectivity index (χ0v) is 10.7. The smallest absolute Gasteiger partial charge is 0.280 e. The fourth-order valence-electron chi connectivity index (χ4n) is 1.81. The maximum absolute atomic E-state index is 11.1. The molecule has 1 aromatic heterocycles. The molecule has 0 radical (unpaired) electrons. The van der Waals surface area contributed by atoms with Crippen LogP contribution in [0.15, 0.2) is 24.5 Å². The van der Waals surface area contributed by atoms with Crippen molar-refractivity contribution in [3.8, 4) is 11.4 Å². The molecule has 0 N–H and O–H groups in total. The second-order valence-corrected chi connectivity index (χ2v) is 4.12. The van der Waals surface area contributed by atoms with E-state index >= 15 is 0 Å². The topological polar surface area (TPSA) is 83.1 Å². The Morgan fingerprint density at radius 3 is 2.95 bits per heavy atom. The lowest BCUT2D eigenvalue weighted by Crippen LogP contribution is -2.06. The van der Waals surface area contributed by atoms with E-state index in [1.165, 1.54) is 6.07 Å². The molecule has 2 rings (SSSR count). The van der Waals surface area contributed by atoms with E-state index in [9.17, 15) is 10.1 Å². The van der Waals surface area contributed by atoms with Crippen molar-refractivity contribution < 1.29 is 9.66 Å². The molecule has 0 spiro atoms. The number of methoxy groups -OCH3 is 1. The Hall–Kier alpha value is -2.28. The summed E-state index contributed by atoms with van der Waals surface area (Å²) in [4.78, 5) is 10.7. The second-order valence-electron chi connectivity index (χ2n) is 4.12. The number of aryl methyl sites for hydroxylation is 1. The zero-order chi connectivity index (χ0) is 13.8. The summed E-state index contributed by atoms with van der Waals surface area (Å²) >= 11 is 0. The molecule has 1 aromatic carbocycles. The summed E-state index contributed by atoms with van der Waals surface area (Å²) in [6, 6.07) is 4.93. The number of ether oxygens (including phenoxy) is 1. The molecule has 0 unspecified atom stereocenters. The highest BCUT2D eigenvalue weighted by molar-refractivity contribution is 5.68. The van der Waals surface area contributed by atoms with Crippen LogP contribution in [0.25, 0.3) is 11.4 Å². The normalized spacial score (nSPS) is 10.6. The van der Waals surface area contributed by atoms with Crippen molar-refractivity contribution in [2.24, 2.45) is 0 Å². The van der Waals surface area contributed by atoms with Crippen LogP contribution in [0.3, 0.4) is 0 Å². The van der Waals surface area contributed by atoms with Crippen molar-refractivity contribution in [1.29, 1.82) is 0 Å². The molecular weight excluding hydrogens is 248 g/mol. The van der Waals surface area contributed by atoms with Gasteiger partial charge < -0.3 is 9.30 Å². The molecule has 0 saturated heterocycles. The van der Waals surface area contributed by atoms with Crippen LogP contribution in [-0.4, -0.2) is 33.4 Å². The first-order chi connectivity index (χ1) is 9.13. The molecule has 0 aliphatic carbocycles. The SMILES string of the molecule is COCCn1cnnc1-c1cc(C)ccc1[N+](=O)[O-]. The van der Waals surface area contributed by atoms with Crippen molar-refractivity contribution in [2.75, 3.05) is 13.7 Å². The number of hydrogen-bond acceptors (Lipinski definition) is 5. The second kappa shape index (κ2) is 5.57. The van der Waals surface area contributed by atoms with Crippen LogP contribution in [0.5, 0.6) is 0 Å². The van der Waals surface area contributed by atoms with Crippen molar-refractivity contribution in [3.05, 3.63) is 40.2 Å². The first kappa shape index (κ1) is 13.2. The third kappa shape index (κ3) is 2.76. The van der Waals surface area contributed by atoms with E-state index in [-0.39, 0.29) is 5.69 Å². The van der Waals surface area contributed by atoms with E-state index in [4.69, 9.17) is 4.74 Å². The first-order valence-electron chi connectivity index (χ1n) is 5.75. The van der Waals surface area contributed by atoms with E-state index in [1.807, 2.05) is 6.92 Å². The van der Waals surface area contributed by atoms with E-state index in [2.05, 4.69) is 10.2 Å². The molecular formula is C12H14N4O3. The molecule has 19 heavy (non-hydrogen) atoms. The van der Waals surface area contributed by atoms with E-state index in [0.29, 0.717) is 24.5 Å². The van der Waals surface area contributed by atoms with Gasteiger partial charge in [-0.05, 0) is 18.6 Å². The van der Waals surface area contributed by atoms with Crippen LogP contribution >= 0.6 is 0 Å². The maximum atomic E-state index is 11.1. The van der Waals surface area contributed by atoms with E-state index < -0.39 is 4.92 Å². The van der Waals surface area contributed by atoms with Gasteiger partial charge in [-0.3, -0.25) is 10.1 Å². The van der Waals surface area contributed by atoms with Gasteiger partial charge in [0.15, 0.2) is 5.82 Å². The average molecular weight is 262 g/mol. The predicted octanol–water partition coefficient (Wildman–Crippen LogP) is 1.81. The van der Waals surface area contributed by atoms with Crippen molar-refractivity contribution in [2.45, 2.75) is 13.5 Å². The van der Waals surface area contributed by atoms with E-state index in [1.54, 1.807) is 30.1 Å². The van der Waals surface area contributed by atoms with Gasteiger partial charge in [-0.2, -0.15) is 0 Å². The third-order valence-corrected chi connectivity index (χ3v) is 2.74. The minimum absolute atomic E-state index is 0.0252. The molecule has 2 aromatic rings. The lowest BCUT2D eigenvalue weighted by Gasteiger charge is -2.07. The third-order valence-electron chi connectivity index (χ3n) is 2.74. The first-order valence-corrected chi connectivity index (χ1v) is 5.75. The summed E-state index contributed by atoms with van der Waals surface area (Å²) < 4.78 is 6.74. The van der Waals surface area contributed by atoms with Gasteiger partial charge in [0.25, 0.3) is 5.69 Å². The largest absolute Gasteiger partial charge is 0.383 e. The highest BCUT2D eigenvalue weighted by Gasteiger charge is 2.19. The van der Waals surface area contributed by atoms with Crippen LogP contribution in [-0.2, 0) is 11.3 Å². The van der Waals surface area contributed by atoms with Gasteiger partial charge in [-0.15, -0.1) is 10.2 Å². The molecule has 0 aliphatic heterocycles. The summed E-state index contributed by atoms with van der Waals surface area (Å²) in [7, 11) is 1.60. The van der Waals surface area contributed by atoms with Gasteiger partial charge in [-0.1, -0.05) is 6.07 Å². The summed E-state index contributed by atoms with van der Waals surface area (Å²) in [5.74, 6) is 0.479. The summed E-state index contributed by atoms with van der Waals surface area (Å²) in [5.41, 5.74) is 1.43. The molecule has 7 heteroatoms. The Balaban J connectivity index is 2.49. The zero-order valence-electron chi connectivity index (χ0n) is 10.7. The maximum Gasteiger partial charge on any atom is 0.280 e. The predicted molar refractivity (Wildman–Crippen MR) is 68.7 cm³/mol. The molecule has 7 nitrogen and oxygen atoms in total. The average Bonchev–Trinajstić information content (AvgIpc) is 2.83. The van der Waals surface area contributed by atoms with Gasteiger partial charge in [-0.25, -0.2) is 0 Å². The Morgan fingerprint density at radius 2 is 2.26 bits per heavy atom. The number of benzene rings is 1. The minimum Gasteiger partial charge on any atom is -0.383 e. The summed E-state index contributed by atoms with van der Waals surface area (Å²) in [6.07, 6.45) is 1.54. The molecule has 0 atom stereocenters. The van der Waals surface area contributed by atoms with Gasteiger partial charge in [0.1, 0.15) is 6.33 Å². The molecule has 100 valence electrons. The lowest BCUT2D eigenvalue weighted by atomic mass is 10.1. The van der Waals surface area contributed by atoms with Crippen LogP contribution < -0.4 is 0 Å². The molecule has 1 heterocycles. The van der Waals surface area contributed by atoms with Gasteiger partial charge in [0.05, 0.1) is 17.1 Å². The standard InChI is InChI=1S/C12H14N4O3/c1-9-3-4-11(16(17)18)10(7-9)12-14-13-8-15(12)5-6-19-2/h3-4,7-8H,5-6H2,1-2H3. The summed E-state index contributed by atoms with van der Waals surface area (Å²) in [6.45, 7) is 2.91. The Labute approximate surface area is 110 Å². The van der Waals surface area contributed by atoms with Gasteiger partial charge >= 0.3 is 0 Å². The molecule has 0 fully saturated rings. The van der Waals surface area contributed by atoms with Crippen LogP contribution in [0.4, 0.5) is 5.69 Å². The highest BCUT2D eigenvalue weighted by atomic mass is 16.6. The van der Waals surface area contributed by atoms with Crippen molar-refractivity contribution >= 4 is 5.69 Å². The number of hydrogen-bond donors (Lipinski definition) is 0. The quantitative estimate of drug-likeness (QED) is 0.606. The van der Waals surface area contributed by atoms with Crippen molar-refractivity contribution in [1.82, 2.24) is 14.8 Å². The van der Waals surface area contributed by atoms with Gasteiger partial charge in [0.2, 0.25) is 0 Å². The molecule has 0 saturated carbocycles. The number of nitrogens with zero attached hydrogens (tertiary/aromatic N) is 4. The van der Waals surface area contributed by atoms with Gasteiger partial charge in [0, 0.05) is 19.7 Å². The van der Waals surface area contributed by atoms with Crippen LogP contribution in [0.2, 0.25) is 0 Å². The summed E-state index contributed by atoms with van der Waals surface area (Å²) in [5, 5.41) is 18.9.